The molecule has 238 valence electrons. The van der Waals surface area contributed by atoms with Gasteiger partial charge in [0.05, 0.1) is 16.9 Å². The van der Waals surface area contributed by atoms with E-state index in [4.69, 9.17) is 4.99 Å². The number of rotatable bonds is 8. The molecule has 0 unspecified atom stereocenters. The lowest BCUT2D eigenvalue weighted by Gasteiger charge is -2.18. The number of fused-ring (bicyclic) bond motifs is 1. The molecule has 2 amide bonds. The zero-order valence-corrected chi connectivity index (χ0v) is 26.3. The highest BCUT2D eigenvalue weighted by molar-refractivity contribution is 6.33. The molecule has 0 saturated carbocycles. The van der Waals surface area contributed by atoms with Crippen molar-refractivity contribution in [1.29, 1.82) is 0 Å². The highest BCUT2D eigenvalue weighted by Crippen LogP contribution is 2.30. The van der Waals surface area contributed by atoms with Crippen LogP contribution in [0.15, 0.2) is 166 Å². The van der Waals surface area contributed by atoms with Crippen LogP contribution < -0.4 is 15.8 Å². The first-order valence-corrected chi connectivity index (χ1v) is 15.5. The first kappa shape index (κ1) is 30.7. The summed E-state index contributed by atoms with van der Waals surface area (Å²) in [6.45, 7) is 1.94. The van der Waals surface area contributed by atoms with Gasteiger partial charge in [-0.3, -0.25) is 30.1 Å². The summed E-state index contributed by atoms with van der Waals surface area (Å²) < 4.78 is 0. The Morgan fingerprint density at radius 3 is 2.37 bits per heavy atom. The van der Waals surface area contributed by atoms with E-state index in [1.54, 1.807) is 48.6 Å². The Balaban J connectivity index is 1.15. The second-order valence-corrected chi connectivity index (χ2v) is 11.2. The molecule has 0 bridgehead atoms. The minimum atomic E-state index is -0.630. The first-order valence-electron chi connectivity index (χ1n) is 15.5. The van der Waals surface area contributed by atoms with Crippen molar-refractivity contribution in [1.82, 2.24) is 10.4 Å². The number of ketones is 1. The maximum atomic E-state index is 13.9. The fourth-order valence-electron chi connectivity index (χ4n) is 5.45. The molecule has 49 heavy (non-hydrogen) atoms. The van der Waals surface area contributed by atoms with Crippen LogP contribution in [0.2, 0.25) is 0 Å². The average Bonchev–Trinajstić information content (AvgIpc) is 3.70. The largest absolute Gasteiger partial charge is 0.361 e. The van der Waals surface area contributed by atoms with Crippen molar-refractivity contribution >= 4 is 51.8 Å². The number of carbonyl (C=O) groups is 3. The van der Waals surface area contributed by atoms with E-state index >= 15 is 0 Å². The lowest BCUT2D eigenvalue weighted by Crippen LogP contribution is -2.32. The highest BCUT2D eigenvalue weighted by Gasteiger charge is 2.32. The number of anilines is 2. The summed E-state index contributed by atoms with van der Waals surface area (Å²) >= 11 is 0. The number of para-hydroxylation sites is 2. The number of nitrogens with one attached hydrogen (secondary N) is 3. The maximum Gasteiger partial charge on any atom is 0.295 e. The Morgan fingerprint density at radius 2 is 1.57 bits per heavy atom. The van der Waals surface area contributed by atoms with E-state index in [0.29, 0.717) is 11.5 Å². The molecule has 1 aliphatic heterocycles. The van der Waals surface area contributed by atoms with E-state index in [2.05, 4.69) is 26.1 Å². The van der Waals surface area contributed by atoms with Gasteiger partial charge in [0, 0.05) is 33.8 Å². The van der Waals surface area contributed by atoms with E-state index < -0.39 is 5.91 Å². The third kappa shape index (κ3) is 6.38. The summed E-state index contributed by atoms with van der Waals surface area (Å²) in [5, 5.41) is 9.03. The first-order chi connectivity index (χ1) is 24.0. The molecule has 5 aromatic rings. The third-order valence-corrected chi connectivity index (χ3v) is 8.02. The number of hydrogen-bond donors (Lipinski definition) is 3. The van der Waals surface area contributed by atoms with Gasteiger partial charge in [-0.25, -0.2) is 4.99 Å². The molecule has 1 aromatic heterocycles. The van der Waals surface area contributed by atoms with Gasteiger partial charge in [0.25, 0.3) is 11.8 Å². The Bertz CT molecular complexity index is 2290. The SMILES string of the molecule is Cc1ccccc1NN/C(N=NC(=O)c1ccc(N2C(=O)/C(=C\c3c[nH]c4ccccc34)N=C2c2ccccc2)cc1)=C1\C=CC=CC1=O. The lowest BCUT2D eigenvalue weighted by atomic mass is 10.1. The number of amides is 2. The van der Waals surface area contributed by atoms with Gasteiger partial charge in [-0.05, 0) is 67.1 Å². The van der Waals surface area contributed by atoms with Crippen LogP contribution in [-0.4, -0.2) is 28.4 Å². The predicted octanol–water partition coefficient (Wildman–Crippen LogP) is 7.43. The third-order valence-electron chi connectivity index (χ3n) is 8.02. The number of azo groups is 1. The maximum absolute atomic E-state index is 13.9. The number of amidine groups is 1. The molecule has 7 rings (SSSR count). The Morgan fingerprint density at radius 1 is 0.837 bits per heavy atom. The summed E-state index contributed by atoms with van der Waals surface area (Å²) in [4.78, 5) is 49.2. The molecule has 0 fully saturated rings. The number of nitrogens with zero attached hydrogens (tertiary/aromatic N) is 4. The van der Waals surface area contributed by atoms with Crippen LogP contribution in [0.4, 0.5) is 11.4 Å². The predicted molar refractivity (Wildman–Crippen MR) is 191 cm³/mol. The molecule has 1 aliphatic carbocycles. The molecule has 0 saturated heterocycles. The molecular weight excluding hydrogens is 614 g/mol. The van der Waals surface area contributed by atoms with E-state index in [-0.39, 0.29) is 34.3 Å². The van der Waals surface area contributed by atoms with Gasteiger partial charge in [-0.15, -0.1) is 10.2 Å². The smallest absolute Gasteiger partial charge is 0.295 e. The molecule has 2 heterocycles. The fourth-order valence-corrected chi connectivity index (χ4v) is 5.45. The van der Waals surface area contributed by atoms with Gasteiger partial charge in [0.1, 0.15) is 11.5 Å². The van der Waals surface area contributed by atoms with Crippen molar-refractivity contribution in [3.8, 4) is 0 Å². The van der Waals surface area contributed by atoms with Gasteiger partial charge in [0.2, 0.25) is 0 Å². The van der Waals surface area contributed by atoms with Crippen LogP contribution in [0, 0.1) is 6.92 Å². The van der Waals surface area contributed by atoms with Crippen LogP contribution in [0.25, 0.3) is 17.0 Å². The highest BCUT2D eigenvalue weighted by atomic mass is 16.2. The molecule has 0 spiro atoms. The second kappa shape index (κ2) is 13.4. The fraction of sp³-hybridized carbons (Fsp3) is 0.0256. The summed E-state index contributed by atoms with van der Waals surface area (Å²) in [7, 11) is 0. The Kier molecular flexibility index (Phi) is 8.41. The normalized spacial score (nSPS) is 16.1. The van der Waals surface area contributed by atoms with E-state index in [1.165, 1.54) is 11.0 Å². The number of aromatic amines is 1. The number of H-pyrrole nitrogens is 1. The molecule has 0 radical (unpaired) electrons. The van der Waals surface area contributed by atoms with Crippen LogP contribution in [0.5, 0.6) is 0 Å². The lowest BCUT2D eigenvalue weighted by molar-refractivity contribution is -0.114. The number of benzene rings is 4. The Labute approximate surface area is 281 Å². The number of aliphatic imine (C=N–C) groups is 1. The summed E-state index contributed by atoms with van der Waals surface area (Å²) in [6.07, 6.45) is 9.97. The van der Waals surface area contributed by atoms with Gasteiger partial charge >= 0.3 is 0 Å². The van der Waals surface area contributed by atoms with Crippen LogP contribution in [0.1, 0.15) is 27.0 Å². The molecule has 2 aliphatic rings. The number of aryl methyl sites for hydroxylation is 1. The monoisotopic (exact) mass is 643 g/mol. The zero-order chi connectivity index (χ0) is 33.7. The number of hydrogen-bond acceptors (Lipinski definition) is 7. The van der Waals surface area contributed by atoms with E-state index in [9.17, 15) is 14.4 Å². The van der Waals surface area contributed by atoms with Crippen LogP contribution in [0.3, 0.4) is 0 Å². The van der Waals surface area contributed by atoms with Gasteiger partial charge in [-0.2, -0.15) is 0 Å². The second-order valence-electron chi connectivity index (χ2n) is 11.2. The molecule has 10 nitrogen and oxygen atoms in total. The molecule has 3 N–H and O–H groups in total. The van der Waals surface area contributed by atoms with Crippen molar-refractivity contribution in [2.45, 2.75) is 6.92 Å². The van der Waals surface area contributed by atoms with Gasteiger partial charge in [-0.1, -0.05) is 78.9 Å². The summed E-state index contributed by atoms with van der Waals surface area (Å²) in [5.41, 5.74) is 11.6. The minimum Gasteiger partial charge on any atom is -0.361 e. The molecule has 4 aromatic carbocycles. The van der Waals surface area contributed by atoms with Gasteiger partial charge < -0.3 is 4.98 Å². The quantitative estimate of drug-likeness (QED) is 0.0920. The number of carbonyl (C=O) groups excluding carboxylic acids is 3. The standard InChI is InChI=1S/C39H29N7O3/c1-25-11-5-8-16-32(25)42-43-36(31-15-7-10-18-35(31)47)44-45-38(48)27-19-21-29(22-20-27)46-37(26-12-3-2-4-13-26)41-34(39(46)49)23-28-24-40-33-17-9-6-14-30(28)33/h2-24,40,42-43H,1H3/b34-23+,36-31-,45-44?. The Hall–Kier alpha value is -6.94. The molecule has 0 atom stereocenters. The van der Waals surface area contributed by atoms with E-state index in [1.807, 2.05) is 92.0 Å². The average molecular weight is 644 g/mol. The molecular formula is C39H29N7O3. The summed E-state index contributed by atoms with van der Waals surface area (Å²) in [6, 6.07) is 31.4. The van der Waals surface area contributed by atoms with Gasteiger partial charge in [0.15, 0.2) is 11.6 Å². The zero-order valence-electron chi connectivity index (χ0n) is 26.3. The van der Waals surface area contributed by atoms with Crippen molar-refractivity contribution in [2.24, 2.45) is 15.2 Å². The van der Waals surface area contributed by atoms with Crippen molar-refractivity contribution in [3.05, 3.63) is 173 Å². The van der Waals surface area contributed by atoms with Crippen LogP contribution >= 0.6 is 0 Å². The van der Waals surface area contributed by atoms with Crippen molar-refractivity contribution < 1.29 is 14.4 Å². The number of aromatic nitrogens is 1. The molecule has 10 heteroatoms. The topological polar surface area (TPSA) is 131 Å². The van der Waals surface area contributed by atoms with Crippen molar-refractivity contribution in [2.75, 3.05) is 10.3 Å². The minimum absolute atomic E-state index is 0.0831. The summed E-state index contributed by atoms with van der Waals surface area (Å²) in [5.74, 6) is -0.657. The van der Waals surface area contributed by atoms with Crippen LogP contribution in [-0.2, 0) is 9.59 Å². The number of allylic oxidation sites excluding steroid dienone is 5. The van der Waals surface area contributed by atoms with Crippen molar-refractivity contribution in [3.63, 3.8) is 0 Å². The number of hydrazine groups is 1. The van der Waals surface area contributed by atoms with E-state index in [0.717, 1.165) is 33.3 Å².